The van der Waals surface area contributed by atoms with Crippen LogP contribution < -0.4 is 0 Å². The molecule has 1 aliphatic rings. The summed E-state index contributed by atoms with van der Waals surface area (Å²) in [5.41, 5.74) is -3.17. The second-order valence-corrected chi connectivity index (χ2v) is 5.21. The molecule has 2 N–H and O–H groups in total. The van der Waals surface area contributed by atoms with Crippen LogP contribution in [0.25, 0.3) is 0 Å². The Morgan fingerprint density at radius 1 is 1.17 bits per heavy atom. The molecule has 0 aromatic rings. The van der Waals surface area contributed by atoms with Gasteiger partial charge in [0.25, 0.3) is 0 Å². The number of alkyl halides is 3. The van der Waals surface area contributed by atoms with Gasteiger partial charge in [-0.1, -0.05) is 25.7 Å². The van der Waals surface area contributed by atoms with Crippen molar-refractivity contribution in [2.45, 2.75) is 57.2 Å². The Morgan fingerprint density at radius 2 is 1.61 bits per heavy atom. The van der Waals surface area contributed by atoms with Crippen molar-refractivity contribution in [3.8, 4) is 0 Å². The van der Waals surface area contributed by atoms with Crippen molar-refractivity contribution in [2.24, 2.45) is 11.8 Å². The molecule has 18 heavy (non-hydrogen) atoms. The number of carboxylic acids is 1. The number of carbonyl (C=O) groups is 1. The van der Waals surface area contributed by atoms with Crippen molar-refractivity contribution in [1.82, 2.24) is 0 Å². The van der Waals surface area contributed by atoms with Crippen LogP contribution in [-0.4, -0.2) is 28.0 Å². The maximum absolute atomic E-state index is 12.8. The maximum atomic E-state index is 12.8. The highest BCUT2D eigenvalue weighted by molar-refractivity contribution is 5.72. The third-order valence-corrected chi connectivity index (χ3v) is 3.82. The molecule has 0 aliphatic heterocycles. The molecular weight excluding hydrogens is 249 g/mol. The van der Waals surface area contributed by atoms with Gasteiger partial charge in [0.2, 0.25) is 0 Å². The van der Waals surface area contributed by atoms with Crippen molar-refractivity contribution in [3.63, 3.8) is 0 Å². The van der Waals surface area contributed by atoms with E-state index in [4.69, 9.17) is 5.11 Å². The van der Waals surface area contributed by atoms with Crippen LogP contribution in [0, 0.1) is 11.8 Å². The summed E-state index contributed by atoms with van der Waals surface area (Å²) in [6.45, 7) is 0.566. The first kappa shape index (κ1) is 15.3. The molecule has 0 aromatic carbocycles. The van der Waals surface area contributed by atoms with Gasteiger partial charge in [0, 0.05) is 0 Å². The van der Waals surface area contributed by atoms with Crippen molar-refractivity contribution >= 4 is 5.97 Å². The first-order valence-corrected chi connectivity index (χ1v) is 6.20. The molecule has 0 bridgehead atoms. The van der Waals surface area contributed by atoms with Crippen LogP contribution >= 0.6 is 0 Å². The molecule has 2 unspecified atom stereocenters. The summed E-state index contributed by atoms with van der Waals surface area (Å²) >= 11 is 0. The zero-order valence-corrected chi connectivity index (χ0v) is 10.3. The molecule has 6 heteroatoms. The summed E-state index contributed by atoms with van der Waals surface area (Å²) in [4.78, 5) is 11.1. The van der Waals surface area contributed by atoms with Crippen molar-refractivity contribution in [3.05, 3.63) is 0 Å². The highest BCUT2D eigenvalue weighted by atomic mass is 19.4. The zero-order chi connectivity index (χ0) is 14.0. The van der Waals surface area contributed by atoms with Crippen LogP contribution in [0.1, 0.15) is 45.4 Å². The maximum Gasteiger partial charge on any atom is 0.417 e. The van der Waals surface area contributed by atoms with E-state index >= 15 is 0 Å². The van der Waals surface area contributed by atoms with E-state index in [1.54, 1.807) is 0 Å². The van der Waals surface area contributed by atoms with Gasteiger partial charge in [-0.2, -0.15) is 13.2 Å². The highest BCUT2D eigenvalue weighted by Gasteiger charge is 2.59. The Hall–Kier alpha value is -0.780. The molecule has 1 rings (SSSR count). The quantitative estimate of drug-likeness (QED) is 0.774. The van der Waals surface area contributed by atoms with Crippen LogP contribution in [-0.2, 0) is 4.79 Å². The van der Waals surface area contributed by atoms with E-state index in [1.807, 2.05) is 0 Å². The minimum absolute atomic E-state index is 0.434. The van der Waals surface area contributed by atoms with E-state index in [-0.39, 0.29) is 0 Å². The topological polar surface area (TPSA) is 57.5 Å². The number of carboxylic acid groups (broad SMARTS) is 1. The first-order chi connectivity index (χ1) is 8.18. The van der Waals surface area contributed by atoms with Gasteiger partial charge >= 0.3 is 12.1 Å². The van der Waals surface area contributed by atoms with Crippen LogP contribution in [0.5, 0.6) is 0 Å². The monoisotopic (exact) mass is 268 g/mol. The minimum Gasteiger partial charge on any atom is -0.481 e. The molecule has 0 spiro atoms. The van der Waals surface area contributed by atoms with Gasteiger partial charge in [-0.15, -0.1) is 0 Å². The molecule has 1 aliphatic carbocycles. The Kier molecular flexibility index (Phi) is 4.64. The fourth-order valence-electron chi connectivity index (χ4n) is 2.72. The molecule has 0 saturated heterocycles. The Balaban J connectivity index is 2.98. The van der Waals surface area contributed by atoms with E-state index in [0.29, 0.717) is 19.8 Å². The molecule has 1 fully saturated rings. The fraction of sp³-hybridized carbons (Fsp3) is 0.917. The number of halogens is 3. The molecule has 106 valence electrons. The summed E-state index contributed by atoms with van der Waals surface area (Å²) in [6.07, 6.45) is -0.784. The van der Waals surface area contributed by atoms with Gasteiger partial charge in [-0.25, -0.2) is 0 Å². The highest BCUT2D eigenvalue weighted by Crippen LogP contribution is 2.43. The fourth-order valence-corrected chi connectivity index (χ4v) is 2.72. The smallest absolute Gasteiger partial charge is 0.417 e. The van der Waals surface area contributed by atoms with Crippen LogP contribution in [0.15, 0.2) is 0 Å². The number of rotatable bonds is 3. The van der Waals surface area contributed by atoms with Crippen molar-refractivity contribution in [1.29, 1.82) is 0 Å². The number of aliphatic hydroxyl groups is 1. The van der Waals surface area contributed by atoms with Crippen molar-refractivity contribution < 1.29 is 28.2 Å². The van der Waals surface area contributed by atoms with E-state index in [1.165, 1.54) is 0 Å². The molecule has 0 amide bonds. The summed E-state index contributed by atoms with van der Waals surface area (Å²) in [5.74, 6) is -3.96. The molecule has 1 saturated carbocycles. The summed E-state index contributed by atoms with van der Waals surface area (Å²) in [6, 6.07) is 0. The standard InChI is InChI=1S/C12H19F3O3/c1-11(18,12(13,14)15)9(10(16)17)8-6-4-2-3-5-7-8/h8-9,18H,2-7H2,1H3,(H,16,17). The van der Waals surface area contributed by atoms with E-state index in [0.717, 1.165) is 25.7 Å². The largest absolute Gasteiger partial charge is 0.481 e. The lowest BCUT2D eigenvalue weighted by Crippen LogP contribution is -2.54. The average molecular weight is 268 g/mol. The Labute approximate surface area is 104 Å². The third kappa shape index (κ3) is 3.16. The summed E-state index contributed by atoms with van der Waals surface area (Å²) in [5, 5.41) is 18.7. The molecule has 0 radical (unpaired) electrons. The predicted molar refractivity (Wildman–Crippen MR) is 59.0 cm³/mol. The molecule has 0 heterocycles. The summed E-state index contributed by atoms with van der Waals surface area (Å²) in [7, 11) is 0. The van der Waals surface area contributed by atoms with Gasteiger partial charge in [-0.05, 0) is 25.7 Å². The number of hydrogen-bond donors (Lipinski definition) is 2. The second kappa shape index (κ2) is 5.47. The normalized spacial score (nSPS) is 24.1. The lowest BCUT2D eigenvalue weighted by molar-refractivity contribution is -0.277. The minimum atomic E-state index is -4.93. The predicted octanol–water partition coefficient (Wildman–Crippen LogP) is 2.97. The average Bonchev–Trinajstić information content (AvgIpc) is 2.43. The zero-order valence-electron chi connectivity index (χ0n) is 10.3. The SMILES string of the molecule is CC(O)(C(C(=O)O)C1CCCCCC1)C(F)(F)F. The van der Waals surface area contributed by atoms with Gasteiger partial charge in [0.1, 0.15) is 0 Å². The number of aliphatic carboxylic acids is 1. The molecule has 2 atom stereocenters. The van der Waals surface area contributed by atoms with Gasteiger partial charge in [0.15, 0.2) is 5.60 Å². The first-order valence-electron chi connectivity index (χ1n) is 6.20. The van der Waals surface area contributed by atoms with Crippen LogP contribution in [0.2, 0.25) is 0 Å². The third-order valence-electron chi connectivity index (χ3n) is 3.82. The molecular formula is C12H19F3O3. The summed E-state index contributed by atoms with van der Waals surface area (Å²) < 4.78 is 38.4. The molecule has 0 aromatic heterocycles. The number of hydrogen-bond acceptors (Lipinski definition) is 2. The molecule has 3 nitrogen and oxygen atoms in total. The van der Waals surface area contributed by atoms with E-state index in [2.05, 4.69) is 0 Å². The van der Waals surface area contributed by atoms with Crippen molar-refractivity contribution in [2.75, 3.05) is 0 Å². The lowest BCUT2D eigenvalue weighted by Gasteiger charge is -2.36. The Morgan fingerprint density at radius 3 is 1.94 bits per heavy atom. The van der Waals surface area contributed by atoms with E-state index < -0.39 is 29.6 Å². The van der Waals surface area contributed by atoms with Gasteiger partial charge in [0.05, 0.1) is 5.92 Å². The second-order valence-electron chi connectivity index (χ2n) is 5.21. The van der Waals surface area contributed by atoms with Gasteiger partial charge < -0.3 is 10.2 Å². The Bertz CT molecular complexity index is 291. The van der Waals surface area contributed by atoms with Crippen LogP contribution in [0.4, 0.5) is 13.2 Å². The van der Waals surface area contributed by atoms with E-state index in [9.17, 15) is 23.1 Å². The lowest BCUT2D eigenvalue weighted by atomic mass is 9.75. The van der Waals surface area contributed by atoms with Crippen LogP contribution in [0.3, 0.4) is 0 Å². The van der Waals surface area contributed by atoms with Gasteiger partial charge in [-0.3, -0.25) is 4.79 Å².